The van der Waals surface area contributed by atoms with Gasteiger partial charge < -0.3 is 0 Å². The van der Waals surface area contributed by atoms with Gasteiger partial charge in [-0.15, -0.1) is 11.3 Å². The molecule has 1 heterocycles. The normalized spacial score (nSPS) is 26.4. The molecular formula is C9H13NO2S2. The summed E-state index contributed by atoms with van der Waals surface area (Å²) in [4.78, 5) is 0. The molecule has 0 aliphatic heterocycles. The Morgan fingerprint density at radius 3 is 2.86 bits per heavy atom. The van der Waals surface area contributed by atoms with Crippen molar-refractivity contribution >= 4 is 21.4 Å². The molecule has 0 unspecified atom stereocenters. The molecule has 1 N–H and O–H groups in total. The van der Waals surface area contributed by atoms with E-state index in [-0.39, 0.29) is 0 Å². The highest BCUT2D eigenvalue weighted by Gasteiger charge is 2.33. The number of thiophene rings is 1. The average Bonchev–Trinajstić information content (AvgIpc) is 2.69. The molecule has 1 aromatic heterocycles. The minimum Gasteiger partial charge on any atom is -0.210 e. The fraction of sp³-hybridized carbons (Fsp3) is 0.556. The first kappa shape index (κ1) is 10.1. The maximum Gasteiger partial charge on any atom is 0.250 e. The lowest BCUT2D eigenvalue weighted by atomic mass is 10.3. The predicted octanol–water partition coefficient (Wildman–Crippen LogP) is 1.68. The number of sulfonamides is 1. The van der Waals surface area contributed by atoms with Gasteiger partial charge in [0.25, 0.3) is 0 Å². The zero-order valence-electron chi connectivity index (χ0n) is 7.93. The van der Waals surface area contributed by atoms with Crippen LogP contribution in [0.15, 0.2) is 21.7 Å². The smallest absolute Gasteiger partial charge is 0.210 e. The van der Waals surface area contributed by atoms with Gasteiger partial charge in [-0.05, 0) is 29.7 Å². The molecule has 78 valence electrons. The zero-order chi connectivity index (χ0) is 10.2. The summed E-state index contributed by atoms with van der Waals surface area (Å²) in [6, 6.07) is 3.38. The number of hydrogen-bond acceptors (Lipinski definition) is 3. The fourth-order valence-corrected chi connectivity index (χ4v) is 3.52. The second kappa shape index (κ2) is 3.64. The highest BCUT2D eigenvalue weighted by Crippen LogP contribution is 2.37. The first-order chi connectivity index (χ1) is 6.59. The van der Waals surface area contributed by atoms with Crippen LogP contribution in [0.3, 0.4) is 0 Å². The van der Waals surface area contributed by atoms with Gasteiger partial charge in [0.05, 0.1) is 0 Å². The molecule has 1 aliphatic carbocycles. The van der Waals surface area contributed by atoms with Crippen molar-refractivity contribution in [3.05, 3.63) is 17.5 Å². The van der Waals surface area contributed by atoms with Crippen molar-refractivity contribution in [3.63, 3.8) is 0 Å². The van der Waals surface area contributed by atoms with Gasteiger partial charge in [0, 0.05) is 6.54 Å². The summed E-state index contributed by atoms with van der Waals surface area (Å²) in [6.07, 6.45) is 1.15. The van der Waals surface area contributed by atoms with Crippen LogP contribution in [0.5, 0.6) is 0 Å². The maximum absolute atomic E-state index is 11.6. The Balaban J connectivity index is 1.96. The van der Waals surface area contributed by atoms with Gasteiger partial charge in [-0.1, -0.05) is 13.0 Å². The molecular weight excluding hydrogens is 218 g/mol. The van der Waals surface area contributed by atoms with Gasteiger partial charge >= 0.3 is 0 Å². The SMILES string of the molecule is C[C@H]1C[C@H]1CNS(=O)(=O)c1cccs1. The van der Waals surface area contributed by atoms with Crippen molar-refractivity contribution in [2.45, 2.75) is 17.6 Å². The van der Waals surface area contributed by atoms with Crippen molar-refractivity contribution in [1.29, 1.82) is 0 Å². The van der Waals surface area contributed by atoms with E-state index in [1.807, 2.05) is 0 Å². The first-order valence-corrected chi connectivity index (χ1v) is 6.99. The molecule has 3 nitrogen and oxygen atoms in total. The first-order valence-electron chi connectivity index (χ1n) is 4.63. The molecule has 0 saturated heterocycles. The highest BCUT2D eigenvalue weighted by atomic mass is 32.2. The lowest BCUT2D eigenvalue weighted by Gasteiger charge is -2.02. The maximum atomic E-state index is 11.6. The van der Waals surface area contributed by atoms with Crippen molar-refractivity contribution in [2.75, 3.05) is 6.54 Å². The Labute approximate surface area is 88.2 Å². The number of rotatable bonds is 4. The van der Waals surface area contributed by atoms with E-state index in [0.29, 0.717) is 22.6 Å². The summed E-state index contributed by atoms with van der Waals surface area (Å²) in [5.41, 5.74) is 0. The molecule has 1 aliphatic rings. The summed E-state index contributed by atoms with van der Waals surface area (Å²) < 4.78 is 26.3. The van der Waals surface area contributed by atoms with E-state index < -0.39 is 10.0 Å². The van der Waals surface area contributed by atoms with Crippen LogP contribution in [0.2, 0.25) is 0 Å². The van der Waals surface area contributed by atoms with Crippen LogP contribution in [0.25, 0.3) is 0 Å². The van der Waals surface area contributed by atoms with Crippen molar-refractivity contribution in [1.82, 2.24) is 4.72 Å². The molecule has 2 rings (SSSR count). The molecule has 2 atom stereocenters. The average molecular weight is 231 g/mol. The Morgan fingerprint density at radius 1 is 1.64 bits per heavy atom. The third kappa shape index (κ3) is 2.16. The molecule has 0 aromatic carbocycles. The van der Waals surface area contributed by atoms with Crippen LogP contribution in [-0.2, 0) is 10.0 Å². The minimum atomic E-state index is -3.23. The monoisotopic (exact) mass is 231 g/mol. The molecule has 1 aromatic rings. The number of nitrogens with one attached hydrogen (secondary N) is 1. The van der Waals surface area contributed by atoms with Gasteiger partial charge in [-0.2, -0.15) is 0 Å². The summed E-state index contributed by atoms with van der Waals surface area (Å²) in [5.74, 6) is 1.23. The zero-order valence-corrected chi connectivity index (χ0v) is 9.57. The Bertz CT molecular complexity index is 396. The molecule has 5 heteroatoms. The topological polar surface area (TPSA) is 46.2 Å². The Hall–Kier alpha value is -0.390. The highest BCUT2D eigenvalue weighted by molar-refractivity contribution is 7.91. The molecule has 0 amide bonds. The van der Waals surface area contributed by atoms with Crippen LogP contribution in [0.4, 0.5) is 0 Å². The van der Waals surface area contributed by atoms with E-state index in [9.17, 15) is 8.42 Å². The number of hydrogen-bond donors (Lipinski definition) is 1. The van der Waals surface area contributed by atoms with Crippen LogP contribution in [-0.4, -0.2) is 15.0 Å². The van der Waals surface area contributed by atoms with Crippen LogP contribution in [0, 0.1) is 11.8 Å². The van der Waals surface area contributed by atoms with Gasteiger partial charge in [0.1, 0.15) is 4.21 Å². The van der Waals surface area contributed by atoms with Crippen molar-refractivity contribution in [3.8, 4) is 0 Å². The molecule has 0 radical (unpaired) electrons. The van der Waals surface area contributed by atoms with Gasteiger partial charge in [-0.3, -0.25) is 0 Å². The van der Waals surface area contributed by atoms with Crippen molar-refractivity contribution in [2.24, 2.45) is 11.8 Å². The minimum absolute atomic E-state index is 0.408. The molecule has 0 spiro atoms. The van der Waals surface area contributed by atoms with Crippen LogP contribution >= 0.6 is 11.3 Å². The molecule has 14 heavy (non-hydrogen) atoms. The fourth-order valence-electron chi connectivity index (χ4n) is 1.39. The van der Waals surface area contributed by atoms with E-state index in [1.165, 1.54) is 11.3 Å². The predicted molar refractivity (Wildman–Crippen MR) is 56.8 cm³/mol. The lowest BCUT2D eigenvalue weighted by molar-refractivity contribution is 0.576. The summed E-state index contributed by atoms with van der Waals surface area (Å²) in [5, 5.41) is 1.77. The summed E-state index contributed by atoms with van der Waals surface area (Å²) in [6.45, 7) is 2.73. The summed E-state index contributed by atoms with van der Waals surface area (Å²) in [7, 11) is -3.23. The van der Waals surface area contributed by atoms with Gasteiger partial charge in [-0.25, -0.2) is 13.1 Å². The van der Waals surface area contributed by atoms with Gasteiger partial charge in [0.2, 0.25) is 10.0 Å². The second-order valence-corrected chi connectivity index (χ2v) is 6.70. The Morgan fingerprint density at radius 2 is 2.36 bits per heavy atom. The van der Waals surface area contributed by atoms with Crippen LogP contribution < -0.4 is 4.72 Å². The quantitative estimate of drug-likeness (QED) is 0.857. The summed E-state index contributed by atoms with van der Waals surface area (Å²) >= 11 is 1.25. The standard InChI is InChI=1S/C9H13NO2S2/c1-7-5-8(7)6-10-14(11,12)9-3-2-4-13-9/h2-4,7-8,10H,5-6H2,1H3/t7-,8-/m0/s1. The van der Waals surface area contributed by atoms with E-state index in [2.05, 4.69) is 11.6 Å². The third-order valence-corrected chi connectivity index (χ3v) is 5.39. The Kier molecular flexibility index (Phi) is 2.64. The van der Waals surface area contributed by atoms with Crippen molar-refractivity contribution < 1.29 is 8.42 Å². The molecule has 1 saturated carbocycles. The largest absolute Gasteiger partial charge is 0.250 e. The van der Waals surface area contributed by atoms with Gasteiger partial charge in [0.15, 0.2) is 0 Å². The van der Waals surface area contributed by atoms with E-state index in [4.69, 9.17) is 0 Å². The lowest BCUT2D eigenvalue weighted by Crippen LogP contribution is -2.25. The van der Waals surface area contributed by atoms with Crippen LogP contribution in [0.1, 0.15) is 13.3 Å². The van der Waals surface area contributed by atoms with E-state index >= 15 is 0 Å². The van der Waals surface area contributed by atoms with E-state index in [1.54, 1.807) is 17.5 Å². The molecule has 0 bridgehead atoms. The second-order valence-electron chi connectivity index (χ2n) is 3.76. The van der Waals surface area contributed by atoms with E-state index in [0.717, 1.165) is 6.42 Å². The molecule has 1 fully saturated rings. The third-order valence-electron chi connectivity index (χ3n) is 2.57.